The number of nitrogen functional groups attached to an aromatic ring is 1. The first-order valence-corrected chi connectivity index (χ1v) is 4.48. The van der Waals surface area contributed by atoms with Crippen LogP contribution >= 0.6 is 0 Å². The van der Waals surface area contributed by atoms with Crippen molar-refractivity contribution in [2.75, 3.05) is 5.73 Å². The first kappa shape index (κ1) is 11.4. The highest BCUT2D eigenvalue weighted by atomic mass is 19.4. The van der Waals surface area contributed by atoms with Gasteiger partial charge in [0.05, 0.1) is 16.8 Å². The normalized spacial score (nSPS) is 12.0. The zero-order valence-corrected chi connectivity index (χ0v) is 8.23. The average Bonchev–Trinajstić information content (AvgIpc) is 2.18. The Morgan fingerprint density at radius 2 is 1.82 bits per heavy atom. The molecule has 0 saturated heterocycles. The summed E-state index contributed by atoms with van der Waals surface area (Å²) in [6.07, 6.45) is -4.70. The van der Waals surface area contributed by atoms with Crippen molar-refractivity contribution in [3.63, 3.8) is 0 Å². The van der Waals surface area contributed by atoms with E-state index in [2.05, 4.69) is 4.98 Å². The molecule has 3 N–H and O–H groups in total. The monoisotopic (exact) mass is 246 g/mol. The fourth-order valence-electron chi connectivity index (χ4n) is 1.53. The molecule has 1 heterocycles. The topological polar surface area (TPSA) is 58.9 Å². The molecular weight excluding hydrogens is 240 g/mol. The van der Waals surface area contributed by atoms with E-state index >= 15 is 0 Å². The van der Waals surface area contributed by atoms with Crippen LogP contribution in [0.15, 0.2) is 23.0 Å². The maximum Gasteiger partial charge on any atom is 0.417 e. The van der Waals surface area contributed by atoms with Gasteiger partial charge in [-0.2, -0.15) is 13.2 Å². The van der Waals surface area contributed by atoms with Gasteiger partial charge in [0, 0.05) is 17.5 Å². The second kappa shape index (κ2) is 3.47. The van der Waals surface area contributed by atoms with Gasteiger partial charge in [-0.05, 0) is 6.07 Å². The quantitative estimate of drug-likeness (QED) is 0.553. The van der Waals surface area contributed by atoms with Gasteiger partial charge in [0.2, 0.25) is 5.56 Å². The summed E-state index contributed by atoms with van der Waals surface area (Å²) in [5, 5.41) is -0.337. The van der Waals surface area contributed by atoms with Crippen LogP contribution < -0.4 is 11.3 Å². The summed E-state index contributed by atoms with van der Waals surface area (Å²) in [7, 11) is 0. The van der Waals surface area contributed by atoms with Gasteiger partial charge in [-0.3, -0.25) is 4.79 Å². The zero-order valence-electron chi connectivity index (χ0n) is 8.23. The van der Waals surface area contributed by atoms with Crippen LogP contribution in [0.25, 0.3) is 10.9 Å². The molecule has 17 heavy (non-hydrogen) atoms. The van der Waals surface area contributed by atoms with Crippen LogP contribution in [0.2, 0.25) is 0 Å². The van der Waals surface area contributed by atoms with E-state index in [-0.39, 0.29) is 10.9 Å². The average molecular weight is 246 g/mol. The van der Waals surface area contributed by atoms with Gasteiger partial charge in [-0.1, -0.05) is 0 Å². The van der Waals surface area contributed by atoms with E-state index in [0.717, 1.165) is 12.1 Å². The molecule has 3 nitrogen and oxygen atoms in total. The molecule has 0 radical (unpaired) electrons. The molecule has 0 aliphatic heterocycles. The Bertz CT molecular complexity index is 645. The Hall–Kier alpha value is -2.05. The number of fused-ring (bicyclic) bond motifs is 1. The summed E-state index contributed by atoms with van der Waals surface area (Å²) in [6, 6.07) is 2.03. The summed E-state index contributed by atoms with van der Waals surface area (Å²) in [5.41, 5.74) is 2.47. The number of H-pyrrole nitrogens is 1. The number of hydrogen-bond donors (Lipinski definition) is 2. The van der Waals surface area contributed by atoms with Crippen LogP contribution in [-0.4, -0.2) is 4.98 Å². The lowest BCUT2D eigenvalue weighted by atomic mass is 10.1. The summed E-state index contributed by atoms with van der Waals surface area (Å²) in [5.74, 6) is -0.882. The van der Waals surface area contributed by atoms with Gasteiger partial charge < -0.3 is 10.7 Å². The third kappa shape index (κ3) is 1.95. The van der Waals surface area contributed by atoms with Crippen LogP contribution in [0.5, 0.6) is 0 Å². The molecule has 0 bridgehead atoms. The molecule has 0 spiro atoms. The Labute approximate surface area is 91.9 Å². The van der Waals surface area contributed by atoms with E-state index in [4.69, 9.17) is 5.73 Å². The number of rotatable bonds is 0. The SMILES string of the molecule is Nc1cc2c(C(F)(F)F)cc(=O)[nH]c2cc1F. The molecule has 7 heteroatoms. The van der Waals surface area contributed by atoms with Crippen LogP contribution in [0.3, 0.4) is 0 Å². The van der Waals surface area contributed by atoms with Crippen molar-refractivity contribution in [3.8, 4) is 0 Å². The highest BCUT2D eigenvalue weighted by molar-refractivity contribution is 5.85. The van der Waals surface area contributed by atoms with Gasteiger partial charge >= 0.3 is 6.18 Å². The van der Waals surface area contributed by atoms with Crippen molar-refractivity contribution < 1.29 is 17.6 Å². The lowest BCUT2D eigenvalue weighted by molar-refractivity contribution is -0.136. The van der Waals surface area contributed by atoms with Crippen molar-refractivity contribution in [3.05, 3.63) is 39.9 Å². The van der Waals surface area contributed by atoms with Gasteiger partial charge in [-0.15, -0.1) is 0 Å². The van der Waals surface area contributed by atoms with Crippen molar-refractivity contribution in [2.24, 2.45) is 0 Å². The van der Waals surface area contributed by atoms with Crippen LogP contribution in [0.4, 0.5) is 23.2 Å². The summed E-state index contributed by atoms with van der Waals surface area (Å²) in [4.78, 5) is 13.2. The molecule has 2 aromatic rings. The third-order valence-electron chi connectivity index (χ3n) is 2.27. The highest BCUT2D eigenvalue weighted by Crippen LogP contribution is 2.34. The first-order valence-electron chi connectivity index (χ1n) is 4.48. The molecule has 1 aromatic carbocycles. The second-order valence-corrected chi connectivity index (χ2v) is 3.46. The van der Waals surface area contributed by atoms with Gasteiger partial charge in [0.1, 0.15) is 5.82 Å². The molecule has 0 fully saturated rings. The van der Waals surface area contributed by atoms with Gasteiger partial charge in [0.15, 0.2) is 0 Å². The Morgan fingerprint density at radius 1 is 1.18 bits per heavy atom. The van der Waals surface area contributed by atoms with E-state index in [1.807, 2.05) is 0 Å². The van der Waals surface area contributed by atoms with Gasteiger partial charge in [-0.25, -0.2) is 4.39 Å². The molecule has 0 amide bonds. The lowest BCUT2D eigenvalue weighted by Gasteiger charge is -2.10. The minimum absolute atomic E-state index is 0.239. The van der Waals surface area contributed by atoms with E-state index in [9.17, 15) is 22.4 Å². The fourth-order valence-corrected chi connectivity index (χ4v) is 1.53. The minimum atomic E-state index is -4.70. The number of aromatic amines is 1. The van der Waals surface area contributed by atoms with Crippen molar-refractivity contribution in [1.82, 2.24) is 4.98 Å². The molecule has 2 rings (SSSR count). The number of alkyl halides is 3. The van der Waals surface area contributed by atoms with Crippen molar-refractivity contribution in [2.45, 2.75) is 6.18 Å². The van der Waals surface area contributed by atoms with Gasteiger partial charge in [0.25, 0.3) is 0 Å². The molecular formula is C10H6F4N2O. The number of nitrogens with two attached hydrogens (primary N) is 1. The zero-order chi connectivity index (χ0) is 12.8. The number of halogens is 4. The van der Waals surface area contributed by atoms with E-state index in [1.54, 1.807) is 0 Å². The predicted molar refractivity (Wildman–Crippen MR) is 53.9 cm³/mol. The maximum absolute atomic E-state index is 13.1. The van der Waals surface area contributed by atoms with Crippen molar-refractivity contribution in [1.29, 1.82) is 0 Å². The third-order valence-corrected chi connectivity index (χ3v) is 2.27. The second-order valence-electron chi connectivity index (χ2n) is 3.46. The smallest absolute Gasteiger partial charge is 0.396 e. The first-order chi connectivity index (χ1) is 7.79. The largest absolute Gasteiger partial charge is 0.417 e. The minimum Gasteiger partial charge on any atom is -0.396 e. The molecule has 0 atom stereocenters. The highest BCUT2D eigenvalue weighted by Gasteiger charge is 2.33. The molecule has 0 aliphatic carbocycles. The number of anilines is 1. The van der Waals surface area contributed by atoms with Crippen molar-refractivity contribution >= 4 is 16.6 Å². The van der Waals surface area contributed by atoms with Crippen LogP contribution in [0.1, 0.15) is 5.56 Å². The molecule has 0 unspecified atom stereocenters. The van der Waals surface area contributed by atoms with E-state index in [0.29, 0.717) is 6.07 Å². The molecule has 0 saturated carbocycles. The van der Waals surface area contributed by atoms with Crippen LogP contribution in [-0.2, 0) is 6.18 Å². The maximum atomic E-state index is 13.1. The summed E-state index contributed by atoms with van der Waals surface area (Å²) < 4.78 is 51.0. The number of pyridine rings is 1. The molecule has 90 valence electrons. The Morgan fingerprint density at radius 3 is 2.41 bits per heavy atom. The number of aromatic nitrogens is 1. The molecule has 1 aromatic heterocycles. The number of hydrogen-bond acceptors (Lipinski definition) is 2. The van der Waals surface area contributed by atoms with Crippen LogP contribution in [0, 0.1) is 5.82 Å². The standard InChI is InChI=1S/C10H6F4N2O/c11-6-3-8-4(1-7(6)15)5(10(12,13)14)2-9(17)16-8/h1-3H,15H2,(H,16,17). The Kier molecular flexibility index (Phi) is 2.34. The predicted octanol–water partition coefficient (Wildman–Crippen LogP) is 2.27. The number of benzene rings is 1. The van der Waals surface area contributed by atoms with E-state index in [1.165, 1.54) is 0 Å². The lowest BCUT2D eigenvalue weighted by Crippen LogP contribution is -2.14. The number of nitrogens with one attached hydrogen (secondary N) is 1. The summed E-state index contributed by atoms with van der Waals surface area (Å²) in [6.45, 7) is 0. The fraction of sp³-hybridized carbons (Fsp3) is 0.100. The molecule has 0 aliphatic rings. The Balaban J connectivity index is 2.93. The van der Waals surface area contributed by atoms with E-state index < -0.39 is 28.8 Å². The summed E-state index contributed by atoms with van der Waals surface area (Å²) >= 11 is 0.